The second kappa shape index (κ2) is 10.0. The number of H-pyrrole nitrogens is 1. The number of aromatic amines is 1. The first kappa shape index (κ1) is 25.1. The Balaban J connectivity index is 1.72. The number of anilines is 2. The number of carbonyl (C=O) groups excluding carboxylic acids is 1. The van der Waals surface area contributed by atoms with E-state index in [1.54, 1.807) is 61.0 Å². The summed E-state index contributed by atoms with van der Waals surface area (Å²) in [6, 6.07) is 23.0. The lowest BCUT2D eigenvalue weighted by molar-refractivity contribution is 0.0999. The number of carbonyl (C=O) groups is 1. The van der Waals surface area contributed by atoms with Gasteiger partial charge in [-0.2, -0.15) is 5.26 Å². The van der Waals surface area contributed by atoms with Gasteiger partial charge in [0, 0.05) is 22.2 Å². The number of imidazole rings is 1. The Bertz CT molecular complexity index is 1660. The molecule has 0 aliphatic heterocycles. The van der Waals surface area contributed by atoms with Crippen molar-refractivity contribution < 1.29 is 14.3 Å². The van der Waals surface area contributed by atoms with Crippen LogP contribution in [0.3, 0.4) is 0 Å². The number of hydrogen-bond acceptors (Lipinski definition) is 6. The minimum atomic E-state index is -0.721. The minimum absolute atomic E-state index is 0.230. The maximum absolute atomic E-state index is 14.2. The topological polar surface area (TPSA) is 91.2 Å². The van der Waals surface area contributed by atoms with Gasteiger partial charge in [-0.25, -0.2) is 4.98 Å². The number of thiophene rings is 1. The number of fused-ring (bicyclic) bond motifs is 1. The lowest BCUT2D eigenvalue weighted by Crippen LogP contribution is -2.26. The summed E-state index contributed by atoms with van der Waals surface area (Å²) in [7, 11) is 3.13. The van der Waals surface area contributed by atoms with Gasteiger partial charge in [-0.1, -0.05) is 12.1 Å². The monoisotopic (exact) mass is 522 g/mol. The third-order valence-corrected chi connectivity index (χ3v) is 7.40. The summed E-state index contributed by atoms with van der Waals surface area (Å²) in [5.74, 6) is 0.838. The molecule has 8 heteroatoms. The number of ether oxygens (including phenoxy) is 2. The van der Waals surface area contributed by atoms with Crippen LogP contribution in [0.15, 0.2) is 78.4 Å². The number of benzene rings is 3. The molecule has 0 aliphatic carbocycles. The summed E-state index contributed by atoms with van der Waals surface area (Å²) in [5, 5.41) is 11.9. The molecule has 2 heterocycles. The van der Waals surface area contributed by atoms with Gasteiger partial charge in [0.1, 0.15) is 0 Å². The Labute approximate surface area is 224 Å². The highest BCUT2D eigenvalue weighted by atomic mass is 32.1. The molecule has 7 nitrogen and oxygen atoms in total. The van der Waals surface area contributed by atoms with Gasteiger partial charge in [0.25, 0.3) is 5.91 Å². The van der Waals surface area contributed by atoms with Gasteiger partial charge < -0.3 is 14.5 Å². The Morgan fingerprint density at radius 3 is 2.47 bits per heavy atom. The maximum atomic E-state index is 14.2. The van der Waals surface area contributed by atoms with Crippen LogP contribution in [0.5, 0.6) is 11.5 Å². The van der Waals surface area contributed by atoms with Crippen LogP contribution in [0.1, 0.15) is 29.8 Å². The molecule has 1 amide bonds. The molecule has 0 atom stereocenters. The first-order chi connectivity index (χ1) is 18.4. The molecule has 0 saturated heterocycles. The molecule has 2 aromatic heterocycles. The van der Waals surface area contributed by atoms with Crippen molar-refractivity contribution in [2.24, 2.45) is 0 Å². The van der Waals surface area contributed by atoms with E-state index in [-0.39, 0.29) is 5.91 Å². The number of rotatable bonds is 7. The predicted molar refractivity (Wildman–Crippen MR) is 151 cm³/mol. The number of nitrogens with zero attached hydrogens (tertiary/aromatic N) is 3. The molecule has 3 aromatic carbocycles. The van der Waals surface area contributed by atoms with Gasteiger partial charge in [-0.15, -0.1) is 11.3 Å². The summed E-state index contributed by atoms with van der Waals surface area (Å²) in [6.07, 6.45) is 1.61. The van der Waals surface area contributed by atoms with Crippen molar-refractivity contribution in [3.8, 4) is 28.0 Å². The molecular formula is C30H26N4O3S. The molecule has 0 unspecified atom stereocenters. The summed E-state index contributed by atoms with van der Waals surface area (Å²) in [4.78, 5) is 24.2. The molecule has 0 aliphatic rings. The van der Waals surface area contributed by atoms with Crippen molar-refractivity contribution in [3.05, 3.63) is 89.6 Å². The van der Waals surface area contributed by atoms with E-state index in [9.17, 15) is 10.1 Å². The van der Waals surface area contributed by atoms with E-state index >= 15 is 0 Å². The van der Waals surface area contributed by atoms with Crippen LogP contribution >= 0.6 is 11.3 Å². The van der Waals surface area contributed by atoms with E-state index in [1.165, 1.54) is 0 Å². The van der Waals surface area contributed by atoms with Crippen LogP contribution in [0.2, 0.25) is 0 Å². The first-order valence-electron chi connectivity index (χ1n) is 12.0. The van der Waals surface area contributed by atoms with Gasteiger partial charge in [-0.3, -0.25) is 9.69 Å². The van der Waals surface area contributed by atoms with Crippen LogP contribution in [-0.4, -0.2) is 30.1 Å². The van der Waals surface area contributed by atoms with E-state index in [0.29, 0.717) is 34.0 Å². The second-order valence-corrected chi connectivity index (χ2v) is 10.2. The lowest BCUT2D eigenvalue weighted by atomic mass is 9.82. The Kier molecular flexibility index (Phi) is 6.62. The fraction of sp³-hybridized carbons (Fsp3) is 0.167. The number of nitriles is 1. The summed E-state index contributed by atoms with van der Waals surface area (Å²) in [5.41, 5.74) is 4.38. The fourth-order valence-corrected chi connectivity index (χ4v) is 5.21. The van der Waals surface area contributed by atoms with E-state index in [4.69, 9.17) is 9.47 Å². The largest absolute Gasteiger partial charge is 0.493 e. The molecule has 5 rings (SSSR count). The van der Waals surface area contributed by atoms with Crippen LogP contribution in [0, 0.1) is 11.3 Å². The Hall–Kier alpha value is -4.61. The van der Waals surface area contributed by atoms with Crippen molar-refractivity contribution in [3.63, 3.8) is 0 Å². The van der Waals surface area contributed by atoms with Gasteiger partial charge in [-0.05, 0) is 78.9 Å². The number of amides is 1. The number of aromatic nitrogens is 2. The zero-order valence-electron chi connectivity index (χ0n) is 21.5. The van der Waals surface area contributed by atoms with Crippen molar-refractivity contribution in [2.45, 2.75) is 19.3 Å². The molecular weight excluding hydrogens is 496 g/mol. The van der Waals surface area contributed by atoms with E-state index in [2.05, 4.69) is 16.0 Å². The molecule has 0 radical (unpaired) electrons. The van der Waals surface area contributed by atoms with Gasteiger partial charge in [0.2, 0.25) is 0 Å². The molecule has 38 heavy (non-hydrogen) atoms. The third kappa shape index (κ3) is 4.49. The van der Waals surface area contributed by atoms with Gasteiger partial charge >= 0.3 is 0 Å². The van der Waals surface area contributed by atoms with E-state index in [0.717, 1.165) is 21.5 Å². The highest BCUT2D eigenvalue weighted by molar-refractivity contribution is 7.13. The quantitative estimate of drug-likeness (QED) is 0.246. The highest BCUT2D eigenvalue weighted by Gasteiger charge is 2.28. The van der Waals surface area contributed by atoms with Crippen molar-refractivity contribution in [2.75, 3.05) is 19.1 Å². The first-order valence-corrected chi connectivity index (χ1v) is 12.8. The van der Waals surface area contributed by atoms with Gasteiger partial charge in [0.15, 0.2) is 11.5 Å². The highest BCUT2D eigenvalue weighted by Crippen LogP contribution is 2.41. The van der Waals surface area contributed by atoms with Crippen LogP contribution < -0.4 is 14.4 Å². The average Bonchev–Trinajstić information content (AvgIpc) is 3.65. The van der Waals surface area contributed by atoms with E-state index < -0.39 is 5.41 Å². The fourth-order valence-electron chi connectivity index (χ4n) is 4.45. The zero-order chi connectivity index (χ0) is 26.9. The van der Waals surface area contributed by atoms with Crippen LogP contribution in [0.4, 0.5) is 11.4 Å². The molecule has 0 fully saturated rings. The van der Waals surface area contributed by atoms with Crippen molar-refractivity contribution in [1.82, 2.24) is 9.97 Å². The normalized spacial score (nSPS) is 11.2. The van der Waals surface area contributed by atoms with E-state index in [1.807, 2.05) is 61.7 Å². The molecule has 190 valence electrons. The smallest absolute Gasteiger partial charge is 0.262 e. The summed E-state index contributed by atoms with van der Waals surface area (Å²) >= 11 is 1.59. The zero-order valence-corrected chi connectivity index (χ0v) is 22.3. The molecule has 5 aromatic rings. The number of nitrogens with one attached hydrogen (secondary N) is 1. The summed E-state index contributed by atoms with van der Waals surface area (Å²) in [6.45, 7) is 3.80. The number of hydrogen-bond donors (Lipinski definition) is 1. The Morgan fingerprint density at radius 2 is 1.76 bits per heavy atom. The molecule has 1 N–H and O–H groups in total. The standard InChI is InChI=1S/C30H26N4O3S/c1-30(2,17-31)23-10-8-20(15-22(23)28-6-5-13-38-28)34(21-9-12-26(36-3)27(16-21)37-4)29(35)19-7-11-24-25(14-19)33-18-32-24/h5-16,18H,1-4H3,(H,32,33). The minimum Gasteiger partial charge on any atom is -0.493 e. The Morgan fingerprint density at radius 1 is 1.00 bits per heavy atom. The average molecular weight is 523 g/mol. The summed E-state index contributed by atoms with van der Waals surface area (Å²) < 4.78 is 11.0. The SMILES string of the molecule is COc1ccc(N(C(=O)c2ccc3[nH]cnc3c2)c2ccc(C(C)(C)C#N)c(-c3cccs3)c2)cc1OC. The molecule has 0 bridgehead atoms. The third-order valence-electron chi connectivity index (χ3n) is 6.50. The molecule has 0 spiro atoms. The van der Waals surface area contributed by atoms with Crippen molar-refractivity contribution in [1.29, 1.82) is 5.26 Å². The second-order valence-electron chi connectivity index (χ2n) is 9.26. The van der Waals surface area contributed by atoms with Crippen LogP contribution in [0.25, 0.3) is 21.5 Å². The van der Waals surface area contributed by atoms with Gasteiger partial charge in [0.05, 0.1) is 48.8 Å². The maximum Gasteiger partial charge on any atom is 0.262 e. The molecule has 0 saturated carbocycles. The van der Waals surface area contributed by atoms with Crippen LogP contribution in [-0.2, 0) is 5.41 Å². The lowest BCUT2D eigenvalue weighted by Gasteiger charge is -2.27. The predicted octanol–water partition coefficient (Wildman–Crippen LogP) is 7.09. The van der Waals surface area contributed by atoms with Crippen molar-refractivity contribution >= 4 is 39.7 Å². The number of methoxy groups -OCH3 is 2.